The number of para-hydroxylation sites is 1. The third-order valence-electron chi connectivity index (χ3n) is 4.10. The van der Waals surface area contributed by atoms with Crippen molar-refractivity contribution in [3.05, 3.63) is 53.6 Å². The molecule has 0 aliphatic carbocycles. The molecule has 2 aromatic rings. The third kappa shape index (κ3) is 3.74. The molecule has 1 aliphatic rings. The smallest absolute Gasteiger partial charge is 0.313 e. The van der Waals surface area contributed by atoms with Crippen LogP contribution in [0.2, 0.25) is 0 Å². The molecular weight excluding hydrogens is 320 g/mol. The fraction of sp³-hybridized carbons (Fsp3) is 0.263. The zero-order valence-electron chi connectivity index (χ0n) is 14.2. The normalized spacial score (nSPS) is 13.2. The Morgan fingerprint density at radius 2 is 1.84 bits per heavy atom. The summed E-state index contributed by atoms with van der Waals surface area (Å²) in [5.41, 5.74) is 2.47. The van der Waals surface area contributed by atoms with Gasteiger partial charge in [0, 0.05) is 5.69 Å². The molecule has 2 N–H and O–H groups in total. The molecule has 2 amide bonds. The van der Waals surface area contributed by atoms with Crippen molar-refractivity contribution in [2.24, 2.45) is 0 Å². The van der Waals surface area contributed by atoms with Gasteiger partial charge >= 0.3 is 11.8 Å². The van der Waals surface area contributed by atoms with E-state index >= 15 is 0 Å². The van der Waals surface area contributed by atoms with Gasteiger partial charge in [-0.25, -0.2) is 0 Å². The monoisotopic (exact) mass is 340 g/mol. The maximum absolute atomic E-state index is 12.2. The minimum Gasteiger partial charge on any atom is -0.454 e. The second kappa shape index (κ2) is 7.25. The van der Waals surface area contributed by atoms with Crippen molar-refractivity contribution in [2.75, 3.05) is 12.1 Å². The van der Waals surface area contributed by atoms with Gasteiger partial charge in [-0.3, -0.25) is 9.59 Å². The molecule has 0 aromatic heterocycles. The Kier molecular flexibility index (Phi) is 4.88. The van der Waals surface area contributed by atoms with E-state index in [1.54, 1.807) is 18.2 Å². The van der Waals surface area contributed by atoms with Gasteiger partial charge in [-0.05, 0) is 42.7 Å². The topological polar surface area (TPSA) is 76.7 Å². The lowest BCUT2D eigenvalue weighted by Crippen LogP contribution is -2.37. The average Bonchev–Trinajstić information content (AvgIpc) is 3.09. The highest BCUT2D eigenvalue weighted by Crippen LogP contribution is 2.34. The van der Waals surface area contributed by atoms with Crippen LogP contribution in [0.1, 0.15) is 31.0 Å². The van der Waals surface area contributed by atoms with Crippen LogP contribution in [0.4, 0.5) is 5.69 Å². The van der Waals surface area contributed by atoms with Crippen LogP contribution in [-0.4, -0.2) is 18.6 Å². The van der Waals surface area contributed by atoms with Crippen molar-refractivity contribution >= 4 is 17.5 Å². The van der Waals surface area contributed by atoms with E-state index in [9.17, 15) is 9.59 Å². The third-order valence-corrected chi connectivity index (χ3v) is 4.10. The number of nitrogens with one attached hydrogen (secondary N) is 2. The summed E-state index contributed by atoms with van der Waals surface area (Å²) in [7, 11) is 0. The summed E-state index contributed by atoms with van der Waals surface area (Å²) in [6, 6.07) is 12.5. The van der Waals surface area contributed by atoms with E-state index in [0.29, 0.717) is 17.2 Å². The minimum atomic E-state index is -0.687. The van der Waals surface area contributed by atoms with Crippen LogP contribution < -0.4 is 20.1 Å². The summed E-state index contributed by atoms with van der Waals surface area (Å²) < 4.78 is 10.6. The van der Waals surface area contributed by atoms with Gasteiger partial charge in [-0.1, -0.05) is 31.2 Å². The Bertz CT molecular complexity index is 804. The molecule has 0 radical (unpaired) electrons. The molecule has 1 atom stereocenters. The van der Waals surface area contributed by atoms with E-state index in [-0.39, 0.29) is 12.8 Å². The molecule has 0 fully saturated rings. The van der Waals surface area contributed by atoms with Gasteiger partial charge in [0.1, 0.15) is 0 Å². The highest BCUT2D eigenvalue weighted by molar-refractivity contribution is 6.39. The summed E-state index contributed by atoms with van der Waals surface area (Å²) in [4.78, 5) is 24.4. The zero-order chi connectivity index (χ0) is 17.8. The SMILES string of the molecule is CCc1ccccc1NC(=O)C(=O)NC(C)c1ccc2c(c1)OCO2. The molecule has 1 aliphatic heterocycles. The molecule has 2 aromatic carbocycles. The molecule has 0 saturated heterocycles. The highest BCUT2D eigenvalue weighted by Gasteiger charge is 2.20. The molecule has 0 bridgehead atoms. The fourth-order valence-electron chi connectivity index (χ4n) is 2.66. The van der Waals surface area contributed by atoms with E-state index in [1.165, 1.54) is 0 Å². The average molecular weight is 340 g/mol. The predicted octanol–water partition coefficient (Wildman–Crippen LogP) is 2.79. The van der Waals surface area contributed by atoms with Crippen molar-refractivity contribution in [3.8, 4) is 11.5 Å². The van der Waals surface area contributed by atoms with Gasteiger partial charge in [0.25, 0.3) is 0 Å². The Morgan fingerprint density at radius 1 is 1.08 bits per heavy atom. The summed E-state index contributed by atoms with van der Waals surface area (Å²) in [6.45, 7) is 3.99. The molecule has 0 spiro atoms. The highest BCUT2D eigenvalue weighted by atomic mass is 16.7. The van der Waals surface area contributed by atoms with Crippen molar-refractivity contribution < 1.29 is 19.1 Å². The van der Waals surface area contributed by atoms with Gasteiger partial charge < -0.3 is 20.1 Å². The number of benzene rings is 2. The number of ether oxygens (including phenoxy) is 2. The number of carbonyl (C=O) groups excluding carboxylic acids is 2. The van der Waals surface area contributed by atoms with Gasteiger partial charge in [-0.2, -0.15) is 0 Å². The van der Waals surface area contributed by atoms with Crippen LogP contribution in [0.15, 0.2) is 42.5 Å². The van der Waals surface area contributed by atoms with Crippen molar-refractivity contribution in [1.29, 1.82) is 0 Å². The summed E-state index contributed by atoms with van der Waals surface area (Å²) in [6.07, 6.45) is 0.770. The number of rotatable bonds is 4. The summed E-state index contributed by atoms with van der Waals surface area (Å²) in [5, 5.41) is 5.36. The van der Waals surface area contributed by atoms with E-state index in [0.717, 1.165) is 17.5 Å². The van der Waals surface area contributed by atoms with E-state index in [4.69, 9.17) is 9.47 Å². The standard InChI is InChI=1S/C19H20N2O4/c1-3-13-6-4-5-7-15(13)21-19(23)18(22)20-12(2)14-8-9-16-17(10-14)25-11-24-16/h4-10,12H,3,11H2,1-2H3,(H,20,22)(H,21,23). The van der Waals surface area contributed by atoms with Crippen molar-refractivity contribution in [2.45, 2.75) is 26.3 Å². The van der Waals surface area contributed by atoms with Crippen LogP contribution in [0.25, 0.3) is 0 Å². The van der Waals surface area contributed by atoms with Crippen LogP contribution >= 0.6 is 0 Å². The quantitative estimate of drug-likeness (QED) is 0.839. The minimum absolute atomic E-state index is 0.193. The Morgan fingerprint density at radius 3 is 2.64 bits per heavy atom. The van der Waals surface area contributed by atoms with Crippen molar-refractivity contribution in [1.82, 2.24) is 5.32 Å². The summed E-state index contributed by atoms with van der Waals surface area (Å²) >= 11 is 0. The number of carbonyl (C=O) groups is 2. The number of fused-ring (bicyclic) bond motifs is 1. The largest absolute Gasteiger partial charge is 0.454 e. The number of hydrogen-bond acceptors (Lipinski definition) is 4. The first kappa shape index (κ1) is 16.8. The van der Waals surface area contributed by atoms with Gasteiger partial charge in [0.05, 0.1) is 6.04 Å². The van der Waals surface area contributed by atoms with Gasteiger partial charge in [0.15, 0.2) is 11.5 Å². The van der Waals surface area contributed by atoms with E-state index in [1.807, 2.05) is 38.1 Å². The molecule has 3 rings (SSSR count). The Labute approximate surface area is 146 Å². The molecule has 130 valence electrons. The first-order chi connectivity index (χ1) is 12.1. The molecule has 0 saturated carbocycles. The molecule has 25 heavy (non-hydrogen) atoms. The number of amides is 2. The molecule has 6 nitrogen and oxygen atoms in total. The first-order valence-electron chi connectivity index (χ1n) is 8.17. The Hall–Kier alpha value is -3.02. The van der Waals surface area contributed by atoms with Crippen LogP contribution in [0.3, 0.4) is 0 Å². The second-order valence-corrected chi connectivity index (χ2v) is 5.77. The molecular formula is C19H20N2O4. The maximum atomic E-state index is 12.2. The molecule has 1 heterocycles. The molecule has 6 heteroatoms. The number of anilines is 1. The Balaban J connectivity index is 1.64. The zero-order valence-corrected chi connectivity index (χ0v) is 14.2. The number of hydrogen-bond donors (Lipinski definition) is 2. The second-order valence-electron chi connectivity index (χ2n) is 5.77. The van der Waals surface area contributed by atoms with Crippen molar-refractivity contribution in [3.63, 3.8) is 0 Å². The van der Waals surface area contributed by atoms with Crippen LogP contribution in [-0.2, 0) is 16.0 Å². The lowest BCUT2D eigenvalue weighted by Gasteiger charge is -2.15. The first-order valence-corrected chi connectivity index (χ1v) is 8.17. The molecule has 1 unspecified atom stereocenters. The van der Waals surface area contributed by atoms with E-state index < -0.39 is 11.8 Å². The lowest BCUT2D eigenvalue weighted by molar-refractivity contribution is -0.136. The lowest BCUT2D eigenvalue weighted by atomic mass is 10.1. The maximum Gasteiger partial charge on any atom is 0.313 e. The van der Waals surface area contributed by atoms with Crippen LogP contribution in [0.5, 0.6) is 11.5 Å². The van der Waals surface area contributed by atoms with Gasteiger partial charge in [0.2, 0.25) is 6.79 Å². The fourth-order valence-corrected chi connectivity index (χ4v) is 2.66. The summed E-state index contributed by atoms with van der Waals surface area (Å²) in [5.74, 6) is -0.0549. The number of aryl methyl sites for hydroxylation is 1. The van der Waals surface area contributed by atoms with E-state index in [2.05, 4.69) is 10.6 Å². The predicted molar refractivity (Wildman–Crippen MR) is 93.6 cm³/mol. The van der Waals surface area contributed by atoms with Crippen LogP contribution in [0, 0.1) is 0 Å². The van der Waals surface area contributed by atoms with Gasteiger partial charge in [-0.15, -0.1) is 0 Å².